The first-order valence-electron chi connectivity index (χ1n) is 14.9. The van der Waals surface area contributed by atoms with Gasteiger partial charge in [0.05, 0.1) is 23.8 Å². The summed E-state index contributed by atoms with van der Waals surface area (Å²) in [5.41, 5.74) is 8.29. The van der Waals surface area contributed by atoms with E-state index in [4.69, 9.17) is 10.5 Å². The highest BCUT2D eigenvalue weighted by Gasteiger charge is 2.41. The number of likely N-dealkylation sites (N-methyl/N-ethyl adjacent to an activating group) is 1. The monoisotopic (exact) mass is 610 g/mol. The number of carbonyl (C=O) groups is 2. The number of aliphatic imine (C=N–C) groups is 1. The number of ether oxygens (including phenoxy) is 1. The molecule has 1 aromatic carbocycles. The topological polar surface area (TPSA) is 122 Å². The molecular weight excluding hydrogens is 560 g/mol. The fraction of sp³-hybridized carbons (Fsp3) is 0.545. The molecule has 1 aliphatic heterocycles. The Bertz CT molecular complexity index is 1240. The molecule has 0 spiro atoms. The van der Waals surface area contributed by atoms with E-state index in [1.165, 1.54) is 17.5 Å². The SMILES string of the molecule is C=N/C(=N\SCN(CC)CCC1(CC)Oc2cnc(-c3ccc(C=O)cc3)cc2CC1C)C(C)(C)C.CNC(C)C(N)=O. The Labute approximate surface area is 262 Å². The van der Waals surface area contributed by atoms with E-state index < -0.39 is 0 Å². The molecule has 2 aromatic rings. The predicted molar refractivity (Wildman–Crippen MR) is 180 cm³/mol. The van der Waals surface area contributed by atoms with Crippen LogP contribution in [0.5, 0.6) is 5.75 Å². The van der Waals surface area contributed by atoms with Crippen LogP contribution in [0, 0.1) is 11.3 Å². The third kappa shape index (κ3) is 10.3. The van der Waals surface area contributed by atoms with E-state index in [1.807, 2.05) is 30.5 Å². The number of amides is 1. The Morgan fingerprint density at radius 3 is 2.49 bits per heavy atom. The Kier molecular flexibility index (Phi) is 14.0. The molecule has 1 aromatic heterocycles. The molecule has 0 bridgehead atoms. The highest BCUT2D eigenvalue weighted by molar-refractivity contribution is 7.98. The molecule has 2 heterocycles. The molecule has 0 fully saturated rings. The van der Waals surface area contributed by atoms with Crippen LogP contribution in [-0.2, 0) is 11.2 Å². The van der Waals surface area contributed by atoms with Crippen molar-refractivity contribution in [2.75, 3.05) is 26.0 Å². The van der Waals surface area contributed by atoms with Crippen LogP contribution in [0.1, 0.15) is 77.2 Å². The molecule has 10 heteroatoms. The minimum atomic E-state index is -0.317. The van der Waals surface area contributed by atoms with Gasteiger partial charge in [-0.25, -0.2) is 4.99 Å². The Morgan fingerprint density at radius 1 is 1.33 bits per heavy atom. The number of nitrogens with one attached hydrogen (secondary N) is 1. The fourth-order valence-corrected chi connectivity index (χ4v) is 5.72. The second kappa shape index (κ2) is 16.7. The molecule has 0 saturated carbocycles. The Hall–Kier alpha value is -3.08. The Morgan fingerprint density at radius 2 is 2.00 bits per heavy atom. The van der Waals surface area contributed by atoms with Crippen molar-refractivity contribution in [3.8, 4) is 17.0 Å². The van der Waals surface area contributed by atoms with E-state index in [-0.39, 0.29) is 23.0 Å². The van der Waals surface area contributed by atoms with Crippen LogP contribution in [0.4, 0.5) is 0 Å². The number of rotatable bonds is 12. The molecular formula is C33H50N6O3S. The van der Waals surface area contributed by atoms with Crippen LogP contribution in [0.25, 0.3) is 11.3 Å². The van der Waals surface area contributed by atoms with Crippen molar-refractivity contribution in [2.45, 2.75) is 79.4 Å². The predicted octanol–water partition coefficient (Wildman–Crippen LogP) is 5.82. The maximum atomic E-state index is 11.0. The number of pyridine rings is 1. The smallest absolute Gasteiger partial charge is 0.234 e. The lowest BCUT2D eigenvalue weighted by Crippen LogP contribution is -2.48. The van der Waals surface area contributed by atoms with Crippen LogP contribution in [-0.4, -0.2) is 72.3 Å². The zero-order chi connectivity index (χ0) is 32.2. The van der Waals surface area contributed by atoms with Gasteiger partial charge in [0, 0.05) is 35.4 Å². The van der Waals surface area contributed by atoms with Crippen molar-refractivity contribution in [2.24, 2.45) is 26.5 Å². The number of fused-ring (bicyclic) bond motifs is 1. The summed E-state index contributed by atoms with van der Waals surface area (Å²) in [6.07, 6.45) is 5.57. The standard InChI is InChI=1S/C29H40N4O2S.C4H10N2O/c1-8-29(14-15-33(9-2)20-36-32-27(30-7)28(4,5)6)21(3)16-24-17-25(31-18-26(24)35-29)23-12-10-22(19-34)11-13-23;1-3(6-2)4(5)7/h10-13,17-19,21H,7-9,14-16,20H2,1-6H3;3,6H,1-2H3,(H2,5,7)/b32-27-;. The summed E-state index contributed by atoms with van der Waals surface area (Å²) >= 11 is 1.54. The van der Waals surface area contributed by atoms with Gasteiger partial charge >= 0.3 is 0 Å². The van der Waals surface area contributed by atoms with Gasteiger partial charge < -0.3 is 15.8 Å². The van der Waals surface area contributed by atoms with E-state index in [9.17, 15) is 9.59 Å². The molecule has 0 saturated heterocycles. The molecule has 43 heavy (non-hydrogen) atoms. The molecule has 9 nitrogen and oxygen atoms in total. The number of nitrogens with zero attached hydrogens (tertiary/aromatic N) is 4. The molecule has 0 aliphatic carbocycles. The van der Waals surface area contributed by atoms with Gasteiger partial charge in [0.15, 0.2) is 0 Å². The lowest BCUT2D eigenvalue weighted by molar-refractivity contribution is -0.119. The third-order valence-corrected chi connectivity index (χ3v) is 8.78. The molecule has 3 unspecified atom stereocenters. The minimum absolute atomic E-state index is 0.107. The molecule has 236 valence electrons. The molecule has 3 atom stereocenters. The van der Waals surface area contributed by atoms with Gasteiger partial charge in [0.1, 0.15) is 23.5 Å². The van der Waals surface area contributed by atoms with E-state index in [0.717, 1.165) is 67.4 Å². The van der Waals surface area contributed by atoms with Crippen LogP contribution < -0.4 is 15.8 Å². The van der Waals surface area contributed by atoms with Crippen LogP contribution in [0.15, 0.2) is 45.9 Å². The zero-order valence-electron chi connectivity index (χ0n) is 27.1. The first-order chi connectivity index (χ1) is 20.3. The van der Waals surface area contributed by atoms with Gasteiger partial charge in [0.25, 0.3) is 0 Å². The summed E-state index contributed by atoms with van der Waals surface area (Å²) in [5.74, 6) is 2.54. The van der Waals surface area contributed by atoms with Crippen molar-refractivity contribution in [1.29, 1.82) is 0 Å². The van der Waals surface area contributed by atoms with Crippen molar-refractivity contribution in [1.82, 2.24) is 15.2 Å². The molecule has 3 rings (SSSR count). The number of benzene rings is 1. The number of carbonyl (C=O) groups excluding carboxylic acids is 2. The average molecular weight is 611 g/mol. The van der Waals surface area contributed by atoms with Gasteiger partial charge in [-0.3, -0.25) is 19.5 Å². The number of aromatic nitrogens is 1. The highest BCUT2D eigenvalue weighted by atomic mass is 32.2. The lowest BCUT2D eigenvalue weighted by atomic mass is 9.77. The summed E-state index contributed by atoms with van der Waals surface area (Å²) in [6.45, 7) is 20.3. The summed E-state index contributed by atoms with van der Waals surface area (Å²) in [4.78, 5) is 32.3. The minimum Gasteiger partial charge on any atom is -0.485 e. The maximum Gasteiger partial charge on any atom is 0.234 e. The van der Waals surface area contributed by atoms with Crippen LogP contribution in [0.3, 0.4) is 0 Å². The quantitative estimate of drug-likeness (QED) is 0.102. The summed E-state index contributed by atoms with van der Waals surface area (Å²) < 4.78 is 11.3. The Balaban J connectivity index is 0.000000821. The zero-order valence-corrected chi connectivity index (χ0v) is 28.0. The second-order valence-electron chi connectivity index (χ2n) is 12.0. The van der Waals surface area contributed by atoms with Crippen molar-refractivity contribution >= 4 is 36.7 Å². The van der Waals surface area contributed by atoms with E-state index >= 15 is 0 Å². The summed E-state index contributed by atoms with van der Waals surface area (Å²) in [5, 5.41) is 2.69. The second-order valence-corrected chi connectivity index (χ2v) is 12.7. The number of aldehydes is 1. The molecule has 1 aliphatic rings. The number of hydrogen-bond donors (Lipinski definition) is 2. The van der Waals surface area contributed by atoms with Gasteiger partial charge in [-0.1, -0.05) is 65.8 Å². The third-order valence-electron chi connectivity index (χ3n) is 8.00. The normalized spacial score (nSPS) is 19.0. The van der Waals surface area contributed by atoms with Crippen LogP contribution >= 0.6 is 11.9 Å². The van der Waals surface area contributed by atoms with Gasteiger partial charge in [-0.15, -0.1) is 0 Å². The molecule has 1 amide bonds. The highest BCUT2D eigenvalue weighted by Crippen LogP contribution is 2.42. The van der Waals surface area contributed by atoms with E-state index in [0.29, 0.717) is 11.5 Å². The number of amidine groups is 1. The largest absolute Gasteiger partial charge is 0.485 e. The fourth-order valence-electron chi connectivity index (χ4n) is 4.73. The van der Waals surface area contributed by atoms with Gasteiger partial charge in [-0.2, -0.15) is 4.40 Å². The summed E-state index contributed by atoms with van der Waals surface area (Å²) in [6, 6.07) is 9.46. The average Bonchev–Trinajstić information content (AvgIpc) is 2.99. The van der Waals surface area contributed by atoms with Crippen LogP contribution in [0.2, 0.25) is 0 Å². The van der Waals surface area contributed by atoms with E-state index in [1.54, 1.807) is 14.0 Å². The van der Waals surface area contributed by atoms with Gasteiger partial charge in [0.2, 0.25) is 5.91 Å². The van der Waals surface area contributed by atoms with Crippen molar-refractivity contribution in [3.05, 3.63) is 47.7 Å². The number of hydrogen-bond acceptors (Lipinski definition) is 8. The number of nitrogens with two attached hydrogens (primary N) is 1. The molecule has 3 N–H and O–H groups in total. The maximum absolute atomic E-state index is 11.0. The summed E-state index contributed by atoms with van der Waals surface area (Å²) in [7, 11) is 1.69. The molecule has 0 radical (unpaired) electrons. The van der Waals surface area contributed by atoms with Crippen molar-refractivity contribution < 1.29 is 14.3 Å². The first kappa shape index (κ1) is 36.1. The number of primary amides is 1. The lowest BCUT2D eigenvalue weighted by Gasteiger charge is -2.44. The van der Waals surface area contributed by atoms with Crippen molar-refractivity contribution in [3.63, 3.8) is 0 Å². The first-order valence-corrected chi connectivity index (χ1v) is 15.9. The van der Waals surface area contributed by atoms with Gasteiger partial charge in [-0.05, 0) is 63.7 Å². The van der Waals surface area contributed by atoms with E-state index in [2.05, 4.69) is 78.9 Å².